The number of likely N-dealkylation sites (tertiary alicyclic amines) is 1. The highest BCUT2D eigenvalue weighted by Crippen LogP contribution is 2.23. The molecule has 5 nitrogen and oxygen atoms in total. The third-order valence-corrected chi connectivity index (χ3v) is 3.91. The van der Waals surface area contributed by atoms with Crippen molar-refractivity contribution in [2.75, 3.05) is 26.7 Å². The van der Waals surface area contributed by atoms with E-state index < -0.39 is 0 Å². The first-order valence-corrected chi connectivity index (χ1v) is 7.30. The summed E-state index contributed by atoms with van der Waals surface area (Å²) in [5.74, 6) is -0.146. The van der Waals surface area contributed by atoms with Crippen LogP contribution in [-0.2, 0) is 4.79 Å². The first-order chi connectivity index (χ1) is 9.49. The van der Waals surface area contributed by atoms with E-state index >= 15 is 0 Å². The predicted molar refractivity (Wildman–Crippen MR) is 78.6 cm³/mol. The number of aromatic hydroxyl groups is 1. The molecule has 0 aromatic heterocycles. The average Bonchev–Trinajstić information content (AvgIpc) is 2.81. The third kappa shape index (κ3) is 3.30. The second-order valence-electron chi connectivity index (χ2n) is 4.87. The Labute approximate surface area is 126 Å². The van der Waals surface area contributed by atoms with Crippen LogP contribution in [0, 0.1) is 0 Å². The van der Waals surface area contributed by atoms with Crippen LogP contribution in [0.15, 0.2) is 22.7 Å². The molecule has 0 spiro atoms. The van der Waals surface area contributed by atoms with Crippen molar-refractivity contribution in [1.29, 1.82) is 0 Å². The van der Waals surface area contributed by atoms with Gasteiger partial charge in [0.25, 0.3) is 5.91 Å². The number of hydrogen-bond donors (Lipinski definition) is 1. The van der Waals surface area contributed by atoms with Crippen LogP contribution in [0.5, 0.6) is 5.75 Å². The van der Waals surface area contributed by atoms with Gasteiger partial charge in [-0.25, -0.2) is 0 Å². The van der Waals surface area contributed by atoms with Crippen molar-refractivity contribution in [1.82, 2.24) is 9.80 Å². The van der Waals surface area contributed by atoms with Gasteiger partial charge in [0, 0.05) is 37.6 Å². The van der Waals surface area contributed by atoms with Gasteiger partial charge in [0.15, 0.2) is 0 Å². The third-order valence-electron chi connectivity index (χ3n) is 3.41. The Morgan fingerprint density at radius 3 is 2.85 bits per heavy atom. The van der Waals surface area contributed by atoms with Gasteiger partial charge >= 0.3 is 0 Å². The van der Waals surface area contributed by atoms with Gasteiger partial charge in [0.05, 0.1) is 5.56 Å². The Bertz CT molecular complexity index is 533. The highest BCUT2D eigenvalue weighted by Gasteiger charge is 2.21. The maximum absolute atomic E-state index is 12.2. The van der Waals surface area contributed by atoms with Crippen molar-refractivity contribution < 1.29 is 14.7 Å². The second-order valence-corrected chi connectivity index (χ2v) is 5.79. The van der Waals surface area contributed by atoms with E-state index in [1.807, 2.05) is 0 Å². The molecular formula is C14H17BrN2O3. The Morgan fingerprint density at radius 1 is 1.50 bits per heavy atom. The summed E-state index contributed by atoms with van der Waals surface area (Å²) < 4.78 is 0.719. The number of halogens is 1. The van der Waals surface area contributed by atoms with E-state index in [1.165, 1.54) is 11.0 Å². The SMILES string of the molecule is CN(CCN1CCCC1=O)C(=O)c1ccc(Br)cc1O. The molecule has 6 heteroatoms. The maximum Gasteiger partial charge on any atom is 0.257 e. The highest BCUT2D eigenvalue weighted by molar-refractivity contribution is 9.10. The smallest absolute Gasteiger partial charge is 0.257 e. The van der Waals surface area contributed by atoms with Crippen molar-refractivity contribution in [2.45, 2.75) is 12.8 Å². The summed E-state index contributed by atoms with van der Waals surface area (Å²) in [7, 11) is 1.67. The molecule has 1 N–H and O–H groups in total. The van der Waals surface area contributed by atoms with Gasteiger partial charge in [-0.15, -0.1) is 0 Å². The van der Waals surface area contributed by atoms with E-state index in [1.54, 1.807) is 24.1 Å². The summed E-state index contributed by atoms with van der Waals surface area (Å²) in [6.45, 7) is 1.77. The molecule has 1 fully saturated rings. The Kier molecular flexibility index (Phi) is 4.65. The molecule has 1 heterocycles. The number of benzene rings is 1. The summed E-state index contributed by atoms with van der Waals surface area (Å²) >= 11 is 3.24. The number of hydrogen-bond acceptors (Lipinski definition) is 3. The van der Waals surface area contributed by atoms with E-state index in [2.05, 4.69) is 15.9 Å². The van der Waals surface area contributed by atoms with Crippen molar-refractivity contribution in [3.8, 4) is 5.75 Å². The van der Waals surface area contributed by atoms with E-state index in [0.717, 1.165) is 17.4 Å². The van der Waals surface area contributed by atoms with Gasteiger partial charge < -0.3 is 14.9 Å². The summed E-state index contributed by atoms with van der Waals surface area (Å²) in [6, 6.07) is 4.79. The molecule has 0 atom stereocenters. The van der Waals surface area contributed by atoms with E-state index in [9.17, 15) is 14.7 Å². The zero-order valence-electron chi connectivity index (χ0n) is 11.3. The second kappa shape index (κ2) is 6.26. The molecular weight excluding hydrogens is 324 g/mol. The van der Waals surface area contributed by atoms with Gasteiger partial charge in [-0.1, -0.05) is 15.9 Å². The monoisotopic (exact) mass is 340 g/mol. The fourth-order valence-electron chi connectivity index (χ4n) is 2.20. The van der Waals surface area contributed by atoms with Crippen molar-refractivity contribution in [3.05, 3.63) is 28.2 Å². The summed E-state index contributed by atoms with van der Waals surface area (Å²) in [4.78, 5) is 27.0. The Morgan fingerprint density at radius 2 is 2.25 bits per heavy atom. The zero-order valence-corrected chi connectivity index (χ0v) is 12.9. The normalized spacial score (nSPS) is 14.7. The number of nitrogens with zero attached hydrogens (tertiary/aromatic N) is 2. The molecule has 0 bridgehead atoms. The fraction of sp³-hybridized carbons (Fsp3) is 0.429. The molecule has 2 rings (SSSR count). The number of amides is 2. The Hall–Kier alpha value is -1.56. The Balaban J connectivity index is 1.96. The van der Waals surface area contributed by atoms with Gasteiger partial charge in [0.2, 0.25) is 5.91 Å². The topological polar surface area (TPSA) is 60.9 Å². The summed E-state index contributed by atoms with van der Waals surface area (Å²) in [5.41, 5.74) is 0.267. The summed E-state index contributed by atoms with van der Waals surface area (Å²) in [5, 5.41) is 9.79. The molecule has 2 amide bonds. The van der Waals surface area contributed by atoms with Crippen LogP contribution >= 0.6 is 15.9 Å². The minimum atomic E-state index is -0.248. The van der Waals surface area contributed by atoms with Gasteiger partial charge in [-0.2, -0.15) is 0 Å². The number of carbonyl (C=O) groups excluding carboxylic acids is 2. The van der Waals surface area contributed by atoms with E-state index in [0.29, 0.717) is 19.5 Å². The number of likely N-dealkylation sites (N-methyl/N-ethyl adjacent to an activating group) is 1. The molecule has 20 heavy (non-hydrogen) atoms. The van der Waals surface area contributed by atoms with Crippen molar-refractivity contribution >= 4 is 27.7 Å². The minimum Gasteiger partial charge on any atom is -0.507 e. The molecule has 1 saturated heterocycles. The molecule has 0 radical (unpaired) electrons. The van der Waals surface area contributed by atoms with Gasteiger partial charge in [-0.05, 0) is 24.6 Å². The first kappa shape index (κ1) is 14.8. The standard InChI is InChI=1S/C14H17BrN2O3/c1-16(7-8-17-6-2-3-13(17)19)14(20)11-5-4-10(15)9-12(11)18/h4-5,9,18H,2-3,6-8H2,1H3. The van der Waals surface area contributed by atoms with Crippen LogP contribution in [0.2, 0.25) is 0 Å². The predicted octanol–water partition coefficient (Wildman–Crippen LogP) is 1.85. The lowest BCUT2D eigenvalue weighted by Crippen LogP contribution is -2.36. The van der Waals surface area contributed by atoms with Gasteiger partial charge in [-0.3, -0.25) is 9.59 Å². The quantitative estimate of drug-likeness (QED) is 0.909. The van der Waals surface area contributed by atoms with Crippen molar-refractivity contribution in [2.24, 2.45) is 0 Å². The minimum absolute atomic E-state index is 0.0477. The largest absolute Gasteiger partial charge is 0.507 e. The first-order valence-electron chi connectivity index (χ1n) is 6.51. The molecule has 1 aromatic rings. The van der Waals surface area contributed by atoms with E-state index in [4.69, 9.17) is 0 Å². The molecule has 1 aliphatic rings. The zero-order chi connectivity index (χ0) is 14.7. The van der Waals surface area contributed by atoms with Crippen LogP contribution in [-0.4, -0.2) is 53.4 Å². The molecule has 108 valence electrons. The average molecular weight is 341 g/mol. The van der Waals surface area contributed by atoms with Crippen LogP contribution < -0.4 is 0 Å². The van der Waals surface area contributed by atoms with Crippen LogP contribution in [0.4, 0.5) is 0 Å². The molecule has 0 aliphatic carbocycles. The van der Waals surface area contributed by atoms with E-state index in [-0.39, 0.29) is 23.1 Å². The fourth-order valence-corrected chi connectivity index (χ4v) is 2.55. The molecule has 1 aromatic carbocycles. The lowest BCUT2D eigenvalue weighted by molar-refractivity contribution is -0.127. The number of carbonyl (C=O) groups is 2. The van der Waals surface area contributed by atoms with Gasteiger partial charge in [0.1, 0.15) is 5.75 Å². The number of phenolic OH excluding ortho intramolecular Hbond substituents is 1. The number of rotatable bonds is 4. The lowest BCUT2D eigenvalue weighted by atomic mass is 10.2. The van der Waals surface area contributed by atoms with Crippen LogP contribution in [0.3, 0.4) is 0 Å². The van der Waals surface area contributed by atoms with Crippen LogP contribution in [0.1, 0.15) is 23.2 Å². The molecule has 0 unspecified atom stereocenters. The number of phenols is 1. The van der Waals surface area contributed by atoms with Crippen molar-refractivity contribution in [3.63, 3.8) is 0 Å². The summed E-state index contributed by atoms with van der Waals surface area (Å²) in [6.07, 6.45) is 1.50. The lowest BCUT2D eigenvalue weighted by Gasteiger charge is -2.22. The maximum atomic E-state index is 12.2. The van der Waals surface area contributed by atoms with Crippen LogP contribution in [0.25, 0.3) is 0 Å². The molecule has 0 saturated carbocycles. The molecule has 1 aliphatic heterocycles. The highest BCUT2D eigenvalue weighted by atomic mass is 79.9.